The summed E-state index contributed by atoms with van der Waals surface area (Å²) in [4.78, 5) is 4.35. The maximum Gasteiger partial charge on any atom is 0.141 e. The average Bonchev–Trinajstić information content (AvgIpc) is 2.60. The van der Waals surface area contributed by atoms with Gasteiger partial charge in [0.05, 0.1) is 6.20 Å². The Kier molecular flexibility index (Phi) is 3.01. The lowest BCUT2D eigenvalue weighted by atomic mass is 10.2. The molecule has 4 heteroatoms. The second kappa shape index (κ2) is 4.29. The van der Waals surface area contributed by atoms with Crippen molar-refractivity contribution >= 4 is 15.9 Å². The molecule has 1 aromatic heterocycles. The van der Waals surface area contributed by atoms with Crippen LogP contribution >= 0.6 is 15.9 Å². The fourth-order valence-corrected chi connectivity index (χ4v) is 2.37. The lowest BCUT2D eigenvalue weighted by Crippen LogP contribution is -2.03. The largest absolute Gasteiger partial charge is 0.508 e. The Morgan fingerprint density at radius 3 is 2.75 bits per heavy atom. The Hall–Kier alpha value is -1.29. The number of hydrogen-bond donors (Lipinski definition) is 1. The van der Waals surface area contributed by atoms with E-state index in [1.165, 1.54) is 0 Å². The van der Waals surface area contributed by atoms with Crippen molar-refractivity contribution in [1.82, 2.24) is 9.55 Å². The normalized spacial score (nSPS) is 11.0. The van der Waals surface area contributed by atoms with Gasteiger partial charge in [-0.05, 0) is 41.9 Å². The minimum Gasteiger partial charge on any atom is -0.508 e. The van der Waals surface area contributed by atoms with E-state index in [9.17, 15) is 5.11 Å². The predicted molar refractivity (Wildman–Crippen MR) is 67.4 cm³/mol. The molecule has 2 rings (SSSR count). The van der Waals surface area contributed by atoms with Gasteiger partial charge in [-0.15, -0.1) is 0 Å². The molecule has 0 atom stereocenters. The number of nitrogens with zero attached hydrogens (tertiary/aromatic N) is 2. The molecule has 0 radical (unpaired) electrons. The van der Waals surface area contributed by atoms with E-state index >= 15 is 0 Å². The third-order valence-corrected chi connectivity index (χ3v) is 2.96. The third-order valence-electron chi connectivity index (χ3n) is 2.37. The standard InChI is InChI=1S/C12H13BrN2O/c1-8(2)15-11(13)7-14-12(15)9-4-3-5-10(16)6-9/h3-8,16H,1-2H3. The molecule has 0 aliphatic carbocycles. The maximum absolute atomic E-state index is 9.46. The number of hydrogen-bond acceptors (Lipinski definition) is 2. The summed E-state index contributed by atoms with van der Waals surface area (Å²) in [7, 11) is 0. The molecular formula is C12H13BrN2O. The maximum atomic E-state index is 9.46. The summed E-state index contributed by atoms with van der Waals surface area (Å²) in [6, 6.07) is 7.44. The van der Waals surface area contributed by atoms with E-state index in [4.69, 9.17) is 0 Å². The SMILES string of the molecule is CC(C)n1c(Br)cnc1-c1cccc(O)c1. The number of benzene rings is 1. The van der Waals surface area contributed by atoms with Gasteiger partial charge in [0.25, 0.3) is 0 Å². The van der Waals surface area contributed by atoms with Gasteiger partial charge < -0.3 is 9.67 Å². The second-order valence-electron chi connectivity index (χ2n) is 3.92. The van der Waals surface area contributed by atoms with E-state index in [-0.39, 0.29) is 5.75 Å². The Morgan fingerprint density at radius 2 is 2.12 bits per heavy atom. The average molecular weight is 281 g/mol. The molecule has 0 unspecified atom stereocenters. The van der Waals surface area contributed by atoms with Crippen LogP contribution < -0.4 is 0 Å². The molecule has 0 fully saturated rings. The van der Waals surface area contributed by atoms with E-state index in [0.29, 0.717) is 6.04 Å². The van der Waals surface area contributed by atoms with Gasteiger partial charge in [0.2, 0.25) is 0 Å². The number of rotatable bonds is 2. The summed E-state index contributed by atoms with van der Waals surface area (Å²) in [5, 5.41) is 9.46. The molecular weight excluding hydrogens is 268 g/mol. The Balaban J connectivity index is 2.56. The van der Waals surface area contributed by atoms with Crippen LogP contribution in [0.2, 0.25) is 0 Å². The molecule has 3 nitrogen and oxygen atoms in total. The van der Waals surface area contributed by atoms with Crippen LogP contribution in [0.5, 0.6) is 5.75 Å². The summed E-state index contributed by atoms with van der Waals surface area (Å²) in [5.74, 6) is 1.12. The number of phenols is 1. The van der Waals surface area contributed by atoms with Crippen LogP contribution in [0.1, 0.15) is 19.9 Å². The molecule has 0 bridgehead atoms. The fraction of sp³-hybridized carbons (Fsp3) is 0.250. The first-order chi connectivity index (χ1) is 7.59. The summed E-state index contributed by atoms with van der Waals surface area (Å²) in [6.45, 7) is 4.19. The van der Waals surface area contributed by atoms with Crippen molar-refractivity contribution in [3.05, 3.63) is 35.1 Å². The molecule has 1 heterocycles. The molecule has 1 N–H and O–H groups in total. The summed E-state index contributed by atoms with van der Waals surface area (Å²) in [5.41, 5.74) is 0.916. The van der Waals surface area contributed by atoms with Crippen molar-refractivity contribution in [1.29, 1.82) is 0 Å². The minimum atomic E-state index is 0.256. The Labute approximate surface area is 103 Å². The second-order valence-corrected chi connectivity index (χ2v) is 4.73. The molecule has 0 aliphatic heterocycles. The van der Waals surface area contributed by atoms with Gasteiger partial charge in [0, 0.05) is 11.6 Å². The van der Waals surface area contributed by atoms with Gasteiger partial charge in [-0.2, -0.15) is 0 Å². The van der Waals surface area contributed by atoms with Crippen LogP contribution in [-0.2, 0) is 0 Å². The molecule has 16 heavy (non-hydrogen) atoms. The third kappa shape index (κ3) is 1.97. The van der Waals surface area contributed by atoms with Crippen molar-refractivity contribution in [3.63, 3.8) is 0 Å². The smallest absolute Gasteiger partial charge is 0.141 e. The summed E-state index contributed by atoms with van der Waals surface area (Å²) < 4.78 is 3.02. The monoisotopic (exact) mass is 280 g/mol. The number of halogens is 1. The van der Waals surface area contributed by atoms with Crippen LogP contribution in [-0.4, -0.2) is 14.7 Å². The molecule has 0 spiro atoms. The van der Waals surface area contributed by atoms with Gasteiger partial charge in [-0.25, -0.2) is 4.98 Å². The van der Waals surface area contributed by atoms with Crippen molar-refractivity contribution < 1.29 is 5.11 Å². The first-order valence-electron chi connectivity index (χ1n) is 5.11. The quantitative estimate of drug-likeness (QED) is 0.913. The molecule has 0 aliphatic rings. The number of imidazole rings is 1. The highest BCUT2D eigenvalue weighted by molar-refractivity contribution is 9.10. The zero-order valence-corrected chi connectivity index (χ0v) is 10.8. The number of phenolic OH excluding ortho intramolecular Hbond substituents is 1. The van der Waals surface area contributed by atoms with Gasteiger partial charge >= 0.3 is 0 Å². The molecule has 0 amide bonds. The summed E-state index contributed by atoms with van der Waals surface area (Å²) in [6.07, 6.45) is 1.78. The fourth-order valence-electron chi connectivity index (χ4n) is 1.69. The van der Waals surface area contributed by atoms with Crippen LogP contribution in [0.4, 0.5) is 0 Å². The van der Waals surface area contributed by atoms with Crippen LogP contribution in [0.3, 0.4) is 0 Å². The highest BCUT2D eigenvalue weighted by Crippen LogP contribution is 2.28. The van der Waals surface area contributed by atoms with Crippen molar-refractivity contribution in [2.24, 2.45) is 0 Å². The van der Waals surface area contributed by atoms with Gasteiger partial charge in [-0.3, -0.25) is 0 Å². The van der Waals surface area contributed by atoms with E-state index in [0.717, 1.165) is 16.0 Å². The molecule has 0 saturated heterocycles. The number of aromatic nitrogens is 2. The lowest BCUT2D eigenvalue weighted by molar-refractivity contribution is 0.475. The molecule has 1 aromatic carbocycles. The van der Waals surface area contributed by atoms with Crippen LogP contribution in [0, 0.1) is 0 Å². The number of aromatic hydroxyl groups is 1. The zero-order valence-electron chi connectivity index (χ0n) is 9.18. The highest BCUT2D eigenvalue weighted by Gasteiger charge is 2.12. The van der Waals surface area contributed by atoms with E-state index in [2.05, 4.69) is 39.3 Å². The van der Waals surface area contributed by atoms with E-state index < -0.39 is 0 Å². The first-order valence-corrected chi connectivity index (χ1v) is 5.91. The highest BCUT2D eigenvalue weighted by atomic mass is 79.9. The molecule has 84 valence electrons. The Morgan fingerprint density at radius 1 is 1.38 bits per heavy atom. The minimum absolute atomic E-state index is 0.256. The van der Waals surface area contributed by atoms with Crippen molar-refractivity contribution in [3.8, 4) is 17.1 Å². The van der Waals surface area contributed by atoms with Crippen molar-refractivity contribution in [2.75, 3.05) is 0 Å². The van der Waals surface area contributed by atoms with Crippen molar-refractivity contribution in [2.45, 2.75) is 19.9 Å². The van der Waals surface area contributed by atoms with E-state index in [1.807, 2.05) is 12.1 Å². The lowest BCUT2D eigenvalue weighted by Gasteiger charge is -2.13. The Bertz CT molecular complexity index is 505. The van der Waals surface area contributed by atoms with Gasteiger partial charge in [-0.1, -0.05) is 12.1 Å². The van der Waals surface area contributed by atoms with Crippen LogP contribution in [0.25, 0.3) is 11.4 Å². The van der Waals surface area contributed by atoms with E-state index in [1.54, 1.807) is 18.3 Å². The first kappa shape index (κ1) is 11.2. The zero-order chi connectivity index (χ0) is 11.7. The molecule has 0 saturated carbocycles. The molecule has 2 aromatic rings. The predicted octanol–water partition coefficient (Wildman–Crippen LogP) is 3.60. The van der Waals surface area contributed by atoms with Crippen LogP contribution in [0.15, 0.2) is 35.1 Å². The van der Waals surface area contributed by atoms with Gasteiger partial charge in [0.1, 0.15) is 16.2 Å². The summed E-state index contributed by atoms with van der Waals surface area (Å²) >= 11 is 3.47. The van der Waals surface area contributed by atoms with Gasteiger partial charge in [0.15, 0.2) is 0 Å². The topological polar surface area (TPSA) is 38.0 Å².